The third-order valence-electron chi connectivity index (χ3n) is 3.52. The summed E-state index contributed by atoms with van der Waals surface area (Å²) in [5, 5.41) is 8.19. The molecule has 2 heterocycles. The van der Waals surface area contributed by atoms with Crippen LogP contribution in [-0.2, 0) is 14.8 Å². The smallest absolute Gasteiger partial charge is 0.407 e. The summed E-state index contributed by atoms with van der Waals surface area (Å²) in [6.07, 6.45) is 1.94. The van der Waals surface area contributed by atoms with E-state index >= 15 is 0 Å². The van der Waals surface area contributed by atoms with E-state index in [-0.39, 0.29) is 31.5 Å². The second-order valence-corrected chi connectivity index (χ2v) is 6.85. The summed E-state index contributed by atoms with van der Waals surface area (Å²) in [5.74, 6) is -0.607. The van der Waals surface area contributed by atoms with E-state index in [1.807, 2.05) is 0 Å². The van der Waals surface area contributed by atoms with Gasteiger partial charge in [0.15, 0.2) is 0 Å². The first kappa shape index (κ1) is 15.4. The number of likely N-dealkylation sites (tertiary alicyclic amines) is 1. The quantitative estimate of drug-likeness (QED) is 0.818. The first-order valence-electron chi connectivity index (χ1n) is 6.35. The number of hydrogen-bond acceptors (Lipinski definition) is 5. The molecule has 1 saturated heterocycles. The van der Waals surface area contributed by atoms with E-state index < -0.39 is 27.3 Å². The fraction of sp³-hybridized carbons (Fsp3) is 0.500. The second-order valence-electron chi connectivity index (χ2n) is 4.74. The zero-order valence-corrected chi connectivity index (χ0v) is 12.2. The van der Waals surface area contributed by atoms with Crippen LogP contribution in [0.1, 0.15) is 23.2 Å². The van der Waals surface area contributed by atoms with Gasteiger partial charge in [0.05, 0.1) is 17.9 Å². The van der Waals surface area contributed by atoms with E-state index in [9.17, 15) is 18.0 Å². The van der Waals surface area contributed by atoms with Crippen molar-refractivity contribution in [1.29, 1.82) is 0 Å². The Morgan fingerprint density at radius 2 is 1.95 bits per heavy atom. The zero-order valence-electron chi connectivity index (χ0n) is 11.4. The number of carboxylic acid groups (broad SMARTS) is 1. The molecule has 0 unspecified atom stereocenters. The molecule has 0 radical (unpaired) electrons. The van der Waals surface area contributed by atoms with Crippen LogP contribution in [0.15, 0.2) is 18.5 Å². The van der Waals surface area contributed by atoms with Gasteiger partial charge >= 0.3 is 12.1 Å². The van der Waals surface area contributed by atoms with Crippen LogP contribution in [-0.4, -0.2) is 59.9 Å². The maximum absolute atomic E-state index is 12.4. The Morgan fingerprint density at radius 1 is 1.33 bits per heavy atom. The van der Waals surface area contributed by atoms with Crippen LogP contribution >= 0.6 is 0 Å². The van der Waals surface area contributed by atoms with Crippen molar-refractivity contribution < 1.29 is 27.9 Å². The predicted molar refractivity (Wildman–Crippen MR) is 72.7 cm³/mol. The lowest BCUT2D eigenvalue weighted by atomic mass is 10.1. The Bertz CT molecular complexity index is 642. The Morgan fingerprint density at radius 3 is 2.48 bits per heavy atom. The Balaban J connectivity index is 2.14. The fourth-order valence-electron chi connectivity index (χ4n) is 2.29. The second kappa shape index (κ2) is 5.76. The summed E-state index contributed by atoms with van der Waals surface area (Å²) < 4.78 is 30.4. The third kappa shape index (κ3) is 3.02. The van der Waals surface area contributed by atoms with Crippen LogP contribution < -0.4 is 0 Å². The summed E-state index contributed by atoms with van der Waals surface area (Å²) in [5.41, 5.74) is 0.157. The van der Waals surface area contributed by atoms with Gasteiger partial charge in [-0.25, -0.2) is 18.0 Å². The molecule has 1 N–H and O–H groups in total. The lowest BCUT2D eigenvalue weighted by molar-refractivity contribution is 0.0601. The summed E-state index contributed by atoms with van der Waals surface area (Å²) >= 11 is 0. The van der Waals surface area contributed by atoms with Gasteiger partial charge in [0.2, 0.25) is 10.0 Å². The van der Waals surface area contributed by atoms with Gasteiger partial charge in [0, 0.05) is 25.5 Å². The Hall–Kier alpha value is -2.03. The molecule has 21 heavy (non-hydrogen) atoms. The maximum atomic E-state index is 12.4. The van der Waals surface area contributed by atoms with Crippen LogP contribution in [0.5, 0.6) is 0 Å². The molecule has 1 aromatic heterocycles. The van der Waals surface area contributed by atoms with Crippen molar-refractivity contribution in [3.05, 3.63) is 24.0 Å². The standard InChI is InChI=1S/C12H16N2O6S/c1-20-11(15)9-2-7-14(8-9)21(18,19)10-3-5-13(6-4-10)12(16)17/h2,7-8,10H,3-6H2,1H3,(H,16,17). The number of amides is 1. The number of aromatic nitrogens is 1. The van der Waals surface area contributed by atoms with E-state index in [0.717, 1.165) is 3.97 Å². The number of piperidine rings is 1. The summed E-state index contributed by atoms with van der Waals surface area (Å²) in [6, 6.07) is 1.37. The Labute approximate surface area is 122 Å². The third-order valence-corrected chi connectivity index (χ3v) is 5.64. The average molecular weight is 316 g/mol. The monoisotopic (exact) mass is 316 g/mol. The molecule has 0 saturated carbocycles. The van der Waals surface area contributed by atoms with Crippen molar-refractivity contribution in [2.24, 2.45) is 0 Å². The maximum Gasteiger partial charge on any atom is 0.407 e. The average Bonchev–Trinajstić information content (AvgIpc) is 2.97. The summed E-state index contributed by atoms with van der Waals surface area (Å²) in [6.45, 7) is 0.370. The molecule has 1 fully saturated rings. The molecule has 1 aliphatic rings. The van der Waals surface area contributed by atoms with Crippen molar-refractivity contribution in [3.63, 3.8) is 0 Å². The number of nitrogens with zero attached hydrogens (tertiary/aromatic N) is 2. The van der Waals surface area contributed by atoms with Crippen LogP contribution in [0.2, 0.25) is 0 Å². The molecular formula is C12H16N2O6S. The van der Waals surface area contributed by atoms with E-state index in [1.54, 1.807) is 0 Å². The molecule has 116 valence electrons. The van der Waals surface area contributed by atoms with E-state index in [4.69, 9.17) is 5.11 Å². The van der Waals surface area contributed by atoms with E-state index in [2.05, 4.69) is 4.74 Å². The highest BCUT2D eigenvalue weighted by molar-refractivity contribution is 7.90. The van der Waals surface area contributed by atoms with Crippen molar-refractivity contribution in [2.45, 2.75) is 18.1 Å². The molecule has 0 atom stereocenters. The van der Waals surface area contributed by atoms with Gasteiger partial charge in [-0.2, -0.15) is 0 Å². The van der Waals surface area contributed by atoms with Gasteiger partial charge in [-0.3, -0.25) is 3.97 Å². The summed E-state index contributed by atoms with van der Waals surface area (Å²) in [4.78, 5) is 23.4. The van der Waals surface area contributed by atoms with Crippen LogP contribution in [0.4, 0.5) is 4.79 Å². The number of carbonyl (C=O) groups is 2. The molecule has 0 aromatic carbocycles. The molecule has 0 spiro atoms. The number of methoxy groups -OCH3 is 1. The fourth-order valence-corrected chi connectivity index (χ4v) is 3.93. The van der Waals surface area contributed by atoms with Crippen LogP contribution in [0, 0.1) is 0 Å². The SMILES string of the molecule is COC(=O)c1ccn(S(=O)(=O)C2CCN(C(=O)O)CC2)c1. The highest BCUT2D eigenvalue weighted by Crippen LogP contribution is 2.21. The number of esters is 1. The molecular weight excluding hydrogens is 300 g/mol. The first-order chi connectivity index (χ1) is 9.86. The lowest BCUT2D eigenvalue weighted by Crippen LogP contribution is -2.43. The van der Waals surface area contributed by atoms with Gasteiger partial charge in [-0.05, 0) is 18.9 Å². The number of hydrogen-bond donors (Lipinski definition) is 1. The van der Waals surface area contributed by atoms with Crippen molar-refractivity contribution in [3.8, 4) is 0 Å². The lowest BCUT2D eigenvalue weighted by Gasteiger charge is -2.29. The highest BCUT2D eigenvalue weighted by Gasteiger charge is 2.32. The molecule has 1 aromatic rings. The van der Waals surface area contributed by atoms with Crippen LogP contribution in [0.3, 0.4) is 0 Å². The van der Waals surface area contributed by atoms with Gasteiger partial charge in [0.25, 0.3) is 0 Å². The molecule has 0 bridgehead atoms. The molecule has 1 aliphatic heterocycles. The molecule has 0 aliphatic carbocycles. The number of carbonyl (C=O) groups excluding carboxylic acids is 1. The largest absolute Gasteiger partial charge is 0.465 e. The highest BCUT2D eigenvalue weighted by atomic mass is 32.2. The van der Waals surface area contributed by atoms with Gasteiger partial charge in [-0.15, -0.1) is 0 Å². The normalized spacial score (nSPS) is 16.7. The number of ether oxygens (including phenoxy) is 1. The van der Waals surface area contributed by atoms with E-state index in [0.29, 0.717) is 0 Å². The minimum Gasteiger partial charge on any atom is -0.465 e. The summed E-state index contributed by atoms with van der Waals surface area (Å²) in [7, 11) is -2.42. The van der Waals surface area contributed by atoms with Gasteiger partial charge in [0.1, 0.15) is 0 Å². The molecule has 8 nitrogen and oxygen atoms in total. The van der Waals surface area contributed by atoms with Gasteiger partial charge < -0.3 is 14.7 Å². The minimum atomic E-state index is -3.64. The van der Waals surface area contributed by atoms with Gasteiger partial charge in [-0.1, -0.05) is 0 Å². The predicted octanol–water partition coefficient (Wildman–Crippen LogP) is 0.595. The topological polar surface area (TPSA) is 106 Å². The Kier molecular flexibility index (Phi) is 4.21. The van der Waals surface area contributed by atoms with Crippen molar-refractivity contribution in [2.75, 3.05) is 20.2 Å². The molecule has 9 heteroatoms. The minimum absolute atomic E-state index is 0.157. The van der Waals surface area contributed by atoms with E-state index in [1.165, 1.54) is 30.5 Å². The zero-order chi connectivity index (χ0) is 15.6. The first-order valence-corrected chi connectivity index (χ1v) is 7.85. The van der Waals surface area contributed by atoms with Crippen molar-refractivity contribution in [1.82, 2.24) is 8.87 Å². The molecule has 2 rings (SSSR count). The van der Waals surface area contributed by atoms with Crippen molar-refractivity contribution >= 4 is 22.1 Å². The van der Waals surface area contributed by atoms with Crippen LogP contribution in [0.25, 0.3) is 0 Å². The number of rotatable bonds is 3. The molecule has 1 amide bonds.